The number of hydrogen-bond donors (Lipinski definition) is 0. The Labute approximate surface area is 206 Å². The summed E-state index contributed by atoms with van der Waals surface area (Å²) in [6, 6.07) is 22.7. The summed E-state index contributed by atoms with van der Waals surface area (Å²) in [5.74, 6) is -0.500. The number of halogens is 3. The Kier molecular flexibility index (Phi) is 6.26. The topological polar surface area (TPSA) is 41.4 Å². The Balaban J connectivity index is 1.45. The van der Waals surface area contributed by atoms with Crippen LogP contribution in [0.4, 0.5) is 10.1 Å². The second kappa shape index (κ2) is 9.49. The molecule has 1 aliphatic heterocycles. The molecule has 1 aromatic heterocycles. The van der Waals surface area contributed by atoms with E-state index in [4.69, 9.17) is 23.2 Å². The molecule has 5 nitrogen and oxygen atoms in total. The fourth-order valence-corrected chi connectivity index (χ4v) is 4.62. The standard InChI is InChI=1S/C26H21Cl2FN4O/c27-21-6-2-1-5-20(21)23-17-25(33(30-23)19-11-9-18(29)10-12-19)26(34)32-15-13-31(14-16-32)24-8-4-3-7-22(24)28/h1-12,17H,13-16H2. The van der Waals surface area contributed by atoms with Crippen LogP contribution in [0.1, 0.15) is 10.5 Å². The minimum Gasteiger partial charge on any atom is -0.367 e. The number of para-hydroxylation sites is 1. The Hall–Kier alpha value is -3.35. The number of benzene rings is 3. The van der Waals surface area contributed by atoms with Crippen LogP contribution in [0.25, 0.3) is 16.9 Å². The van der Waals surface area contributed by atoms with Gasteiger partial charge < -0.3 is 9.80 Å². The molecule has 0 radical (unpaired) electrons. The Bertz CT molecular complexity index is 1330. The van der Waals surface area contributed by atoms with Gasteiger partial charge in [0.05, 0.1) is 27.1 Å². The van der Waals surface area contributed by atoms with Gasteiger partial charge in [-0.15, -0.1) is 0 Å². The molecule has 4 aromatic rings. The zero-order valence-corrected chi connectivity index (χ0v) is 19.7. The number of amides is 1. The van der Waals surface area contributed by atoms with Crippen molar-refractivity contribution in [2.75, 3.05) is 31.1 Å². The van der Waals surface area contributed by atoms with Crippen LogP contribution >= 0.6 is 23.2 Å². The van der Waals surface area contributed by atoms with Crippen LogP contribution in [-0.2, 0) is 0 Å². The van der Waals surface area contributed by atoms with Crippen molar-refractivity contribution in [2.45, 2.75) is 0 Å². The van der Waals surface area contributed by atoms with E-state index in [1.807, 2.05) is 42.5 Å². The highest BCUT2D eigenvalue weighted by atomic mass is 35.5. The van der Waals surface area contributed by atoms with Gasteiger partial charge in [-0.2, -0.15) is 5.10 Å². The number of piperazine rings is 1. The zero-order valence-electron chi connectivity index (χ0n) is 18.2. The lowest BCUT2D eigenvalue weighted by atomic mass is 10.1. The smallest absolute Gasteiger partial charge is 0.272 e. The van der Waals surface area contributed by atoms with Gasteiger partial charge in [-0.25, -0.2) is 9.07 Å². The molecule has 2 heterocycles. The third-order valence-electron chi connectivity index (χ3n) is 5.91. The molecule has 34 heavy (non-hydrogen) atoms. The number of rotatable bonds is 4. The van der Waals surface area contributed by atoms with E-state index in [1.165, 1.54) is 12.1 Å². The van der Waals surface area contributed by atoms with Gasteiger partial charge in [0, 0.05) is 31.7 Å². The van der Waals surface area contributed by atoms with Crippen LogP contribution in [0.5, 0.6) is 0 Å². The lowest BCUT2D eigenvalue weighted by Crippen LogP contribution is -2.49. The molecule has 1 amide bonds. The van der Waals surface area contributed by atoms with Crippen LogP contribution < -0.4 is 4.90 Å². The number of hydrogen-bond acceptors (Lipinski definition) is 3. The molecule has 1 aliphatic rings. The molecule has 0 unspecified atom stereocenters. The van der Waals surface area contributed by atoms with Crippen LogP contribution in [0.15, 0.2) is 78.9 Å². The summed E-state index contributed by atoms with van der Waals surface area (Å²) >= 11 is 12.7. The number of anilines is 1. The zero-order chi connectivity index (χ0) is 23.7. The number of nitrogens with zero attached hydrogens (tertiary/aromatic N) is 4. The van der Waals surface area contributed by atoms with Crippen molar-refractivity contribution >= 4 is 34.8 Å². The molecule has 172 valence electrons. The first-order valence-electron chi connectivity index (χ1n) is 10.9. The van der Waals surface area contributed by atoms with Crippen molar-refractivity contribution in [1.82, 2.24) is 14.7 Å². The van der Waals surface area contributed by atoms with E-state index >= 15 is 0 Å². The number of aromatic nitrogens is 2. The predicted octanol–water partition coefficient (Wildman–Crippen LogP) is 5.95. The Morgan fingerprint density at radius 2 is 1.47 bits per heavy atom. The summed E-state index contributed by atoms with van der Waals surface area (Å²) < 4.78 is 15.1. The molecule has 0 bridgehead atoms. The highest BCUT2D eigenvalue weighted by Gasteiger charge is 2.27. The first kappa shape index (κ1) is 22.4. The second-order valence-electron chi connectivity index (χ2n) is 8.01. The van der Waals surface area contributed by atoms with Gasteiger partial charge >= 0.3 is 0 Å². The summed E-state index contributed by atoms with van der Waals surface area (Å²) in [4.78, 5) is 17.6. The summed E-state index contributed by atoms with van der Waals surface area (Å²) in [6.45, 7) is 2.41. The summed E-state index contributed by atoms with van der Waals surface area (Å²) in [5.41, 5.74) is 3.26. The maximum atomic E-state index is 13.6. The molecule has 8 heteroatoms. The van der Waals surface area contributed by atoms with Crippen molar-refractivity contribution in [3.05, 3.63) is 100 Å². The largest absolute Gasteiger partial charge is 0.367 e. The lowest BCUT2D eigenvalue weighted by molar-refractivity contribution is 0.0737. The van der Waals surface area contributed by atoms with E-state index in [1.54, 1.807) is 33.8 Å². The van der Waals surface area contributed by atoms with Crippen molar-refractivity contribution in [1.29, 1.82) is 0 Å². The van der Waals surface area contributed by atoms with Gasteiger partial charge in [-0.3, -0.25) is 4.79 Å². The molecule has 1 fully saturated rings. The van der Waals surface area contributed by atoms with Gasteiger partial charge in [0.2, 0.25) is 0 Å². The third kappa shape index (κ3) is 4.39. The maximum Gasteiger partial charge on any atom is 0.272 e. The average Bonchev–Trinajstić information content (AvgIpc) is 3.30. The van der Waals surface area contributed by atoms with E-state index in [0.29, 0.717) is 53.3 Å². The van der Waals surface area contributed by atoms with E-state index in [2.05, 4.69) is 10.00 Å². The molecule has 1 saturated heterocycles. The van der Waals surface area contributed by atoms with E-state index < -0.39 is 0 Å². The highest BCUT2D eigenvalue weighted by molar-refractivity contribution is 6.33. The highest BCUT2D eigenvalue weighted by Crippen LogP contribution is 2.30. The first-order valence-corrected chi connectivity index (χ1v) is 11.7. The van der Waals surface area contributed by atoms with Gasteiger partial charge in [0.1, 0.15) is 11.5 Å². The maximum absolute atomic E-state index is 13.6. The normalized spacial score (nSPS) is 13.9. The monoisotopic (exact) mass is 494 g/mol. The van der Waals surface area contributed by atoms with Crippen molar-refractivity contribution < 1.29 is 9.18 Å². The molecular formula is C26H21Cl2FN4O. The minimum absolute atomic E-state index is 0.145. The first-order chi connectivity index (χ1) is 16.5. The fourth-order valence-electron chi connectivity index (χ4n) is 4.13. The second-order valence-corrected chi connectivity index (χ2v) is 8.83. The van der Waals surface area contributed by atoms with Gasteiger partial charge in [0.15, 0.2) is 0 Å². The summed E-state index contributed by atoms with van der Waals surface area (Å²) in [7, 11) is 0. The molecule has 0 atom stereocenters. The average molecular weight is 495 g/mol. The molecule has 0 aliphatic carbocycles. The SMILES string of the molecule is O=C(c1cc(-c2ccccc2Cl)nn1-c1ccc(F)cc1)N1CCN(c2ccccc2Cl)CC1. The van der Waals surface area contributed by atoms with Crippen LogP contribution in [0, 0.1) is 5.82 Å². The van der Waals surface area contributed by atoms with E-state index in [9.17, 15) is 9.18 Å². The molecule has 3 aromatic carbocycles. The Morgan fingerprint density at radius 1 is 0.824 bits per heavy atom. The van der Waals surface area contributed by atoms with Crippen LogP contribution in [-0.4, -0.2) is 46.8 Å². The quantitative estimate of drug-likeness (QED) is 0.352. The molecule has 0 saturated carbocycles. The minimum atomic E-state index is -0.356. The fraction of sp³-hybridized carbons (Fsp3) is 0.154. The molecular weight excluding hydrogens is 474 g/mol. The predicted molar refractivity (Wildman–Crippen MR) is 134 cm³/mol. The van der Waals surface area contributed by atoms with Crippen molar-refractivity contribution in [3.63, 3.8) is 0 Å². The molecule has 0 N–H and O–H groups in total. The Morgan fingerprint density at radius 3 is 2.15 bits per heavy atom. The number of carbonyl (C=O) groups is 1. The van der Waals surface area contributed by atoms with Gasteiger partial charge in [-0.1, -0.05) is 53.5 Å². The van der Waals surface area contributed by atoms with Crippen molar-refractivity contribution in [3.8, 4) is 16.9 Å². The van der Waals surface area contributed by atoms with Crippen LogP contribution in [0.2, 0.25) is 10.0 Å². The molecule has 0 spiro atoms. The van der Waals surface area contributed by atoms with Gasteiger partial charge in [0.25, 0.3) is 5.91 Å². The van der Waals surface area contributed by atoms with Crippen molar-refractivity contribution in [2.24, 2.45) is 0 Å². The summed E-state index contributed by atoms with van der Waals surface area (Å²) in [5, 5.41) is 5.90. The lowest BCUT2D eigenvalue weighted by Gasteiger charge is -2.36. The summed E-state index contributed by atoms with van der Waals surface area (Å²) in [6.07, 6.45) is 0. The molecule has 5 rings (SSSR count). The van der Waals surface area contributed by atoms with E-state index in [0.717, 1.165) is 11.3 Å². The van der Waals surface area contributed by atoms with Crippen LogP contribution in [0.3, 0.4) is 0 Å². The van der Waals surface area contributed by atoms with Gasteiger partial charge in [-0.05, 0) is 48.5 Å². The number of carbonyl (C=O) groups excluding carboxylic acids is 1. The van der Waals surface area contributed by atoms with E-state index in [-0.39, 0.29) is 11.7 Å². The third-order valence-corrected chi connectivity index (χ3v) is 6.56.